The van der Waals surface area contributed by atoms with Gasteiger partial charge in [0.15, 0.2) is 0 Å². The Morgan fingerprint density at radius 3 is 2.71 bits per heavy atom. The van der Waals surface area contributed by atoms with Gasteiger partial charge in [-0.05, 0) is 42.2 Å². The largest absolute Gasteiger partial charge is 0.361 e. The molecule has 34 heavy (non-hydrogen) atoms. The number of hydrogen-bond donors (Lipinski definition) is 2. The molecule has 5 rings (SSSR count). The molecule has 7 nitrogen and oxygen atoms in total. The Bertz CT molecular complexity index is 1310. The zero-order valence-corrected chi connectivity index (χ0v) is 20.4. The van der Waals surface area contributed by atoms with Crippen LogP contribution in [0.3, 0.4) is 0 Å². The number of urea groups is 1. The summed E-state index contributed by atoms with van der Waals surface area (Å²) >= 11 is 12.8. The molecule has 1 saturated heterocycles. The number of nitrogens with zero attached hydrogens (tertiary/aromatic N) is 4. The van der Waals surface area contributed by atoms with Crippen molar-refractivity contribution in [2.75, 3.05) is 19.6 Å². The molecule has 9 heteroatoms. The van der Waals surface area contributed by atoms with Crippen LogP contribution in [0.1, 0.15) is 41.6 Å². The number of H-pyrrole nitrogens is 1. The third-order valence-corrected chi connectivity index (χ3v) is 7.25. The zero-order valence-electron chi connectivity index (χ0n) is 18.8. The van der Waals surface area contributed by atoms with E-state index in [0.29, 0.717) is 35.6 Å². The number of halogens is 2. The Morgan fingerprint density at radius 2 is 1.97 bits per heavy atom. The fraction of sp³-hybridized carbons (Fsp3) is 0.320. The van der Waals surface area contributed by atoms with E-state index in [1.165, 1.54) is 0 Å². The van der Waals surface area contributed by atoms with E-state index < -0.39 is 0 Å². The van der Waals surface area contributed by atoms with Gasteiger partial charge < -0.3 is 19.8 Å². The van der Waals surface area contributed by atoms with Crippen LogP contribution in [0, 0.1) is 0 Å². The summed E-state index contributed by atoms with van der Waals surface area (Å²) in [5, 5.41) is 13.7. The van der Waals surface area contributed by atoms with Gasteiger partial charge in [-0.2, -0.15) is 0 Å². The molecule has 1 aliphatic rings. The maximum absolute atomic E-state index is 13.1. The predicted molar refractivity (Wildman–Crippen MR) is 135 cm³/mol. The molecule has 3 heterocycles. The van der Waals surface area contributed by atoms with E-state index in [1.807, 2.05) is 53.0 Å². The standard InChI is InChI=1S/C25H26Cl2N6O/c1-32-15-30-31-24(32)16-8-10-33(11-9-16)25(34)29-14-20(18-7-6-17(26)12-22(18)27)21-13-28-23-5-3-2-4-19(21)23/h2-7,12-13,15-16,20,28H,8-11,14H2,1H3,(H,29,34). The van der Waals surface area contributed by atoms with Crippen LogP contribution in [0.2, 0.25) is 10.0 Å². The molecule has 0 aliphatic carbocycles. The van der Waals surface area contributed by atoms with Crippen molar-refractivity contribution in [3.63, 3.8) is 0 Å². The molecule has 0 spiro atoms. The van der Waals surface area contributed by atoms with Crippen molar-refractivity contribution in [2.45, 2.75) is 24.7 Å². The third kappa shape index (κ3) is 4.50. The van der Waals surface area contributed by atoms with E-state index >= 15 is 0 Å². The number of piperidine rings is 1. The van der Waals surface area contributed by atoms with Crippen molar-refractivity contribution < 1.29 is 4.79 Å². The number of likely N-dealkylation sites (tertiary alicyclic amines) is 1. The van der Waals surface area contributed by atoms with Crippen LogP contribution in [0.25, 0.3) is 10.9 Å². The van der Waals surface area contributed by atoms with Gasteiger partial charge in [0.05, 0.1) is 0 Å². The van der Waals surface area contributed by atoms with Crippen LogP contribution in [0.4, 0.5) is 4.79 Å². The fourth-order valence-electron chi connectivity index (χ4n) is 4.86. The summed E-state index contributed by atoms with van der Waals surface area (Å²) in [7, 11) is 1.96. The molecule has 1 atom stereocenters. The van der Waals surface area contributed by atoms with Gasteiger partial charge in [0.1, 0.15) is 12.2 Å². The van der Waals surface area contributed by atoms with Crippen molar-refractivity contribution in [1.29, 1.82) is 0 Å². The van der Waals surface area contributed by atoms with E-state index in [4.69, 9.17) is 23.2 Å². The van der Waals surface area contributed by atoms with Crippen molar-refractivity contribution in [1.82, 2.24) is 30.0 Å². The Kier molecular flexibility index (Phi) is 6.48. The van der Waals surface area contributed by atoms with Crippen LogP contribution in [-0.4, -0.2) is 50.3 Å². The molecular weight excluding hydrogens is 471 g/mol. The first-order valence-electron chi connectivity index (χ1n) is 11.4. The zero-order chi connectivity index (χ0) is 23.7. The molecule has 0 saturated carbocycles. The number of benzene rings is 2. The Hall–Kier alpha value is -3.03. The summed E-state index contributed by atoms with van der Waals surface area (Å²) in [6.45, 7) is 1.79. The molecule has 1 aliphatic heterocycles. The minimum Gasteiger partial charge on any atom is -0.361 e. The van der Waals surface area contributed by atoms with Crippen molar-refractivity contribution in [3.8, 4) is 0 Å². The van der Waals surface area contributed by atoms with Gasteiger partial charge in [-0.1, -0.05) is 47.5 Å². The molecule has 176 valence electrons. The van der Waals surface area contributed by atoms with Crippen LogP contribution < -0.4 is 5.32 Å². The maximum Gasteiger partial charge on any atom is 0.317 e. The number of aromatic nitrogens is 4. The van der Waals surface area contributed by atoms with Gasteiger partial charge in [-0.25, -0.2) is 4.79 Å². The fourth-order valence-corrected chi connectivity index (χ4v) is 5.40. The van der Waals surface area contributed by atoms with E-state index in [0.717, 1.165) is 40.7 Å². The van der Waals surface area contributed by atoms with Crippen molar-refractivity contribution in [3.05, 3.63) is 82.0 Å². The first-order chi connectivity index (χ1) is 16.5. The summed E-state index contributed by atoms with van der Waals surface area (Å²) in [5.74, 6) is 1.18. The lowest BCUT2D eigenvalue weighted by Crippen LogP contribution is -2.45. The molecule has 4 aromatic rings. The van der Waals surface area contributed by atoms with E-state index in [1.54, 1.807) is 12.4 Å². The number of nitrogens with one attached hydrogen (secondary N) is 2. The van der Waals surface area contributed by atoms with E-state index in [9.17, 15) is 4.79 Å². The second-order valence-corrected chi connectivity index (χ2v) is 9.60. The summed E-state index contributed by atoms with van der Waals surface area (Å²) in [5.41, 5.74) is 3.06. The number of fused-ring (bicyclic) bond motifs is 1. The van der Waals surface area contributed by atoms with Crippen LogP contribution >= 0.6 is 23.2 Å². The second kappa shape index (κ2) is 9.68. The van der Waals surface area contributed by atoms with Gasteiger partial charge in [-0.3, -0.25) is 0 Å². The maximum atomic E-state index is 13.1. The van der Waals surface area contributed by atoms with Gasteiger partial charge >= 0.3 is 6.03 Å². The first kappa shape index (κ1) is 22.7. The minimum absolute atomic E-state index is 0.0636. The number of carbonyl (C=O) groups is 1. The highest BCUT2D eigenvalue weighted by Gasteiger charge is 2.28. The topological polar surface area (TPSA) is 78.8 Å². The smallest absolute Gasteiger partial charge is 0.317 e. The highest BCUT2D eigenvalue weighted by Crippen LogP contribution is 2.35. The molecule has 2 amide bonds. The Labute approximate surface area is 208 Å². The molecule has 2 aromatic carbocycles. The normalized spacial score (nSPS) is 15.6. The molecule has 1 unspecified atom stereocenters. The lowest BCUT2D eigenvalue weighted by molar-refractivity contribution is 0.179. The summed E-state index contributed by atoms with van der Waals surface area (Å²) in [4.78, 5) is 18.3. The number of para-hydroxylation sites is 1. The average molecular weight is 497 g/mol. The number of hydrogen-bond acceptors (Lipinski definition) is 3. The first-order valence-corrected chi connectivity index (χ1v) is 12.1. The molecule has 1 fully saturated rings. The highest BCUT2D eigenvalue weighted by molar-refractivity contribution is 6.35. The highest BCUT2D eigenvalue weighted by atomic mass is 35.5. The van der Waals surface area contributed by atoms with E-state index in [-0.39, 0.29) is 11.9 Å². The van der Waals surface area contributed by atoms with Gasteiger partial charge in [0.2, 0.25) is 0 Å². The van der Waals surface area contributed by atoms with Crippen molar-refractivity contribution in [2.24, 2.45) is 7.05 Å². The summed E-state index contributed by atoms with van der Waals surface area (Å²) < 4.78 is 1.96. The summed E-state index contributed by atoms with van der Waals surface area (Å²) in [6, 6.07) is 13.6. The number of amides is 2. The van der Waals surface area contributed by atoms with Gasteiger partial charge in [0, 0.05) is 65.7 Å². The molecule has 0 bridgehead atoms. The Morgan fingerprint density at radius 1 is 1.18 bits per heavy atom. The minimum atomic E-state index is -0.124. The van der Waals surface area contributed by atoms with Crippen LogP contribution in [0.5, 0.6) is 0 Å². The number of aryl methyl sites for hydroxylation is 1. The van der Waals surface area contributed by atoms with Crippen LogP contribution in [0.15, 0.2) is 55.0 Å². The van der Waals surface area contributed by atoms with E-state index in [2.05, 4.69) is 26.6 Å². The van der Waals surface area contributed by atoms with Gasteiger partial charge in [0.25, 0.3) is 0 Å². The molecule has 0 radical (unpaired) electrons. The third-order valence-electron chi connectivity index (χ3n) is 6.69. The van der Waals surface area contributed by atoms with Crippen LogP contribution in [-0.2, 0) is 7.05 Å². The SMILES string of the molecule is Cn1cnnc1C1CCN(C(=O)NCC(c2ccc(Cl)cc2Cl)c2c[nH]c3ccccc23)CC1. The van der Waals surface area contributed by atoms with Crippen molar-refractivity contribution >= 4 is 40.1 Å². The molecule has 2 N–H and O–H groups in total. The number of carbonyl (C=O) groups excluding carboxylic acids is 1. The average Bonchev–Trinajstić information content (AvgIpc) is 3.47. The molecule has 2 aromatic heterocycles. The second-order valence-electron chi connectivity index (χ2n) is 8.76. The predicted octanol–water partition coefficient (Wildman–Crippen LogP) is 5.32. The number of aromatic amines is 1. The quantitative estimate of drug-likeness (QED) is 0.392. The lowest BCUT2D eigenvalue weighted by atomic mass is 9.90. The monoisotopic (exact) mass is 496 g/mol. The van der Waals surface area contributed by atoms with Gasteiger partial charge in [-0.15, -0.1) is 10.2 Å². The number of rotatable bonds is 5. The Balaban J connectivity index is 1.32. The summed E-state index contributed by atoms with van der Waals surface area (Å²) in [6.07, 6.45) is 5.46. The lowest BCUT2D eigenvalue weighted by Gasteiger charge is -2.32. The molecular formula is C25H26Cl2N6O.